The van der Waals surface area contributed by atoms with Gasteiger partial charge in [0.2, 0.25) is 5.91 Å². The summed E-state index contributed by atoms with van der Waals surface area (Å²) >= 11 is 0. The summed E-state index contributed by atoms with van der Waals surface area (Å²) in [7, 11) is 0. The molecule has 0 saturated carbocycles. The van der Waals surface area contributed by atoms with Gasteiger partial charge < -0.3 is 20.4 Å². The Morgan fingerprint density at radius 2 is 1.86 bits per heavy atom. The third kappa shape index (κ3) is 4.50. The standard InChI is InChI=1S/C22H25FN4O2/c1-15(28)27-13-17-2-5-20(10-18(17)14-27)25-22(29)24-11-16-8-9-26(12-16)21-6-3-19(23)4-7-21/h2-7,10,16H,8-9,11-14H2,1H3,(H2,24,25,29). The summed E-state index contributed by atoms with van der Waals surface area (Å²) in [6.45, 7) is 5.11. The molecule has 3 amide bonds. The van der Waals surface area contributed by atoms with Crippen molar-refractivity contribution in [3.63, 3.8) is 0 Å². The van der Waals surface area contributed by atoms with E-state index >= 15 is 0 Å². The summed E-state index contributed by atoms with van der Waals surface area (Å²) in [4.78, 5) is 27.8. The van der Waals surface area contributed by atoms with Gasteiger partial charge in [-0.1, -0.05) is 6.07 Å². The molecule has 4 rings (SSSR count). The number of carbonyl (C=O) groups is 2. The van der Waals surface area contributed by atoms with Crippen LogP contribution in [0.3, 0.4) is 0 Å². The Morgan fingerprint density at radius 1 is 1.10 bits per heavy atom. The van der Waals surface area contributed by atoms with Gasteiger partial charge in [0.25, 0.3) is 0 Å². The van der Waals surface area contributed by atoms with E-state index in [-0.39, 0.29) is 17.8 Å². The molecule has 0 radical (unpaired) electrons. The number of nitrogens with zero attached hydrogens (tertiary/aromatic N) is 2. The number of urea groups is 1. The van der Waals surface area contributed by atoms with E-state index in [0.717, 1.165) is 42.0 Å². The number of hydrogen-bond donors (Lipinski definition) is 2. The van der Waals surface area contributed by atoms with E-state index < -0.39 is 0 Å². The monoisotopic (exact) mass is 396 g/mol. The quantitative estimate of drug-likeness (QED) is 0.833. The van der Waals surface area contributed by atoms with Crippen molar-refractivity contribution in [2.75, 3.05) is 29.9 Å². The van der Waals surface area contributed by atoms with Crippen molar-refractivity contribution < 1.29 is 14.0 Å². The minimum atomic E-state index is -0.233. The van der Waals surface area contributed by atoms with Crippen LogP contribution >= 0.6 is 0 Å². The molecule has 29 heavy (non-hydrogen) atoms. The number of carbonyl (C=O) groups excluding carboxylic acids is 2. The SMILES string of the molecule is CC(=O)N1Cc2ccc(NC(=O)NCC3CCN(c4ccc(F)cc4)C3)cc2C1. The predicted octanol–water partition coefficient (Wildman–Crippen LogP) is 3.34. The van der Waals surface area contributed by atoms with E-state index in [1.54, 1.807) is 24.0 Å². The van der Waals surface area contributed by atoms with Crippen molar-refractivity contribution in [3.05, 3.63) is 59.4 Å². The Hall–Kier alpha value is -3.09. The maximum atomic E-state index is 13.1. The first kappa shape index (κ1) is 19.2. The maximum absolute atomic E-state index is 13.1. The van der Waals surface area contributed by atoms with Crippen LogP contribution in [-0.4, -0.2) is 36.5 Å². The molecule has 0 spiro atoms. The van der Waals surface area contributed by atoms with Gasteiger partial charge in [0.05, 0.1) is 0 Å². The van der Waals surface area contributed by atoms with Crippen molar-refractivity contribution in [1.29, 1.82) is 0 Å². The van der Waals surface area contributed by atoms with Gasteiger partial charge in [-0.3, -0.25) is 4.79 Å². The van der Waals surface area contributed by atoms with Crippen molar-refractivity contribution in [1.82, 2.24) is 10.2 Å². The molecular weight excluding hydrogens is 371 g/mol. The fraction of sp³-hybridized carbons (Fsp3) is 0.364. The van der Waals surface area contributed by atoms with Crippen molar-refractivity contribution >= 4 is 23.3 Å². The summed E-state index contributed by atoms with van der Waals surface area (Å²) in [5.41, 5.74) is 3.93. The Labute approximate surface area is 169 Å². The van der Waals surface area contributed by atoms with Gasteiger partial charge in [-0.05, 0) is 59.9 Å². The summed E-state index contributed by atoms with van der Waals surface area (Å²) in [5.74, 6) is 0.179. The summed E-state index contributed by atoms with van der Waals surface area (Å²) in [6.07, 6.45) is 0.984. The molecule has 1 saturated heterocycles. The minimum Gasteiger partial charge on any atom is -0.371 e. The molecule has 7 heteroatoms. The highest BCUT2D eigenvalue weighted by atomic mass is 19.1. The largest absolute Gasteiger partial charge is 0.371 e. The molecule has 2 aromatic carbocycles. The van der Waals surface area contributed by atoms with E-state index in [4.69, 9.17) is 0 Å². The number of amides is 3. The number of anilines is 2. The van der Waals surface area contributed by atoms with Gasteiger partial charge in [0.15, 0.2) is 0 Å². The Bertz CT molecular complexity index is 916. The van der Waals surface area contributed by atoms with Gasteiger partial charge in [-0.2, -0.15) is 0 Å². The van der Waals surface area contributed by atoms with Crippen LogP contribution in [0, 0.1) is 11.7 Å². The van der Waals surface area contributed by atoms with Gasteiger partial charge in [0, 0.05) is 51.0 Å². The van der Waals surface area contributed by atoms with Crippen LogP contribution in [0.1, 0.15) is 24.5 Å². The molecule has 2 aliphatic rings. The van der Waals surface area contributed by atoms with Crippen molar-refractivity contribution in [3.8, 4) is 0 Å². The second-order valence-corrected chi connectivity index (χ2v) is 7.77. The Balaban J connectivity index is 1.25. The first-order chi connectivity index (χ1) is 14.0. The molecule has 2 aliphatic heterocycles. The van der Waals surface area contributed by atoms with E-state index in [2.05, 4.69) is 15.5 Å². The zero-order chi connectivity index (χ0) is 20.4. The highest BCUT2D eigenvalue weighted by molar-refractivity contribution is 5.89. The molecule has 0 aromatic heterocycles. The van der Waals surface area contributed by atoms with Gasteiger partial charge >= 0.3 is 6.03 Å². The molecule has 2 aromatic rings. The van der Waals surface area contributed by atoms with Crippen LogP contribution in [0.15, 0.2) is 42.5 Å². The van der Waals surface area contributed by atoms with Crippen LogP contribution in [0.5, 0.6) is 0 Å². The number of rotatable bonds is 4. The lowest BCUT2D eigenvalue weighted by atomic mass is 10.1. The fourth-order valence-electron chi connectivity index (χ4n) is 3.99. The van der Waals surface area contributed by atoms with Crippen molar-refractivity contribution in [2.45, 2.75) is 26.4 Å². The average Bonchev–Trinajstić information content (AvgIpc) is 3.34. The number of nitrogens with one attached hydrogen (secondary N) is 2. The molecule has 1 unspecified atom stereocenters. The van der Waals surface area contributed by atoms with E-state index in [9.17, 15) is 14.0 Å². The van der Waals surface area contributed by atoms with Crippen LogP contribution in [0.2, 0.25) is 0 Å². The number of fused-ring (bicyclic) bond motifs is 1. The third-order valence-corrected chi connectivity index (χ3v) is 5.66. The van der Waals surface area contributed by atoms with Crippen LogP contribution in [0.25, 0.3) is 0 Å². The lowest BCUT2D eigenvalue weighted by Gasteiger charge is -2.19. The maximum Gasteiger partial charge on any atom is 0.319 e. The van der Waals surface area contributed by atoms with Crippen molar-refractivity contribution in [2.24, 2.45) is 5.92 Å². The van der Waals surface area contributed by atoms with Gasteiger partial charge in [0.1, 0.15) is 5.82 Å². The molecule has 1 fully saturated rings. The first-order valence-electron chi connectivity index (χ1n) is 9.90. The smallest absolute Gasteiger partial charge is 0.319 e. The first-order valence-corrected chi connectivity index (χ1v) is 9.90. The topological polar surface area (TPSA) is 64.7 Å². The summed E-state index contributed by atoms with van der Waals surface area (Å²) in [5, 5.41) is 5.83. The van der Waals surface area contributed by atoms with Crippen LogP contribution in [0.4, 0.5) is 20.6 Å². The average molecular weight is 396 g/mol. The molecule has 1 atom stereocenters. The van der Waals surface area contributed by atoms with E-state index in [1.807, 2.05) is 18.2 Å². The summed E-state index contributed by atoms with van der Waals surface area (Å²) < 4.78 is 13.1. The second kappa shape index (κ2) is 8.11. The second-order valence-electron chi connectivity index (χ2n) is 7.77. The Morgan fingerprint density at radius 3 is 2.62 bits per heavy atom. The molecule has 152 valence electrons. The number of hydrogen-bond acceptors (Lipinski definition) is 3. The number of benzene rings is 2. The molecule has 2 N–H and O–H groups in total. The fourth-order valence-corrected chi connectivity index (χ4v) is 3.99. The molecular formula is C22H25FN4O2. The number of halogens is 1. The molecule has 0 bridgehead atoms. The lowest BCUT2D eigenvalue weighted by molar-refractivity contribution is -0.129. The zero-order valence-corrected chi connectivity index (χ0v) is 16.5. The molecule has 2 heterocycles. The summed E-state index contributed by atoms with van der Waals surface area (Å²) in [6, 6.07) is 12.1. The highest BCUT2D eigenvalue weighted by Gasteiger charge is 2.24. The minimum absolute atomic E-state index is 0.0553. The third-order valence-electron chi connectivity index (χ3n) is 5.66. The van der Waals surface area contributed by atoms with Gasteiger partial charge in [-0.25, -0.2) is 9.18 Å². The van der Waals surface area contributed by atoms with E-state index in [0.29, 0.717) is 25.6 Å². The van der Waals surface area contributed by atoms with Crippen LogP contribution < -0.4 is 15.5 Å². The Kier molecular flexibility index (Phi) is 5.38. The lowest BCUT2D eigenvalue weighted by Crippen LogP contribution is -2.34. The van der Waals surface area contributed by atoms with Gasteiger partial charge in [-0.15, -0.1) is 0 Å². The zero-order valence-electron chi connectivity index (χ0n) is 16.5. The molecule has 0 aliphatic carbocycles. The highest BCUT2D eigenvalue weighted by Crippen LogP contribution is 2.26. The normalized spacial score (nSPS) is 17.9. The molecule has 6 nitrogen and oxygen atoms in total. The van der Waals surface area contributed by atoms with E-state index in [1.165, 1.54) is 12.1 Å². The van der Waals surface area contributed by atoms with Crippen LogP contribution in [-0.2, 0) is 17.9 Å². The predicted molar refractivity (Wildman–Crippen MR) is 110 cm³/mol.